The molecule has 2 heterocycles. The first-order chi connectivity index (χ1) is 17.7. The molecule has 0 saturated heterocycles. The third-order valence-electron chi connectivity index (χ3n) is 6.81. The summed E-state index contributed by atoms with van der Waals surface area (Å²) in [5, 5.41) is 3.29. The number of carbonyl (C=O) groups excluding carboxylic acids is 3. The SMILES string of the molecule is Cc1nc(C(NCC(=O)CCN2C(=O)c3ccccc3C2=O)C(C)C)n(Cc2ccccc2)c(=O)c1C. The average Bonchev–Trinajstić information content (AvgIpc) is 3.13. The molecule has 37 heavy (non-hydrogen) atoms. The van der Waals surface area contributed by atoms with Crippen molar-refractivity contribution in [1.29, 1.82) is 0 Å². The monoisotopic (exact) mass is 500 g/mol. The number of hydrogen-bond donors (Lipinski definition) is 1. The van der Waals surface area contributed by atoms with Gasteiger partial charge in [0.05, 0.1) is 30.3 Å². The Kier molecular flexibility index (Phi) is 7.78. The third kappa shape index (κ3) is 5.44. The summed E-state index contributed by atoms with van der Waals surface area (Å²) >= 11 is 0. The van der Waals surface area contributed by atoms with Crippen molar-refractivity contribution in [2.45, 2.75) is 46.7 Å². The summed E-state index contributed by atoms with van der Waals surface area (Å²) in [6.07, 6.45) is 0.0421. The summed E-state index contributed by atoms with van der Waals surface area (Å²) < 4.78 is 1.68. The van der Waals surface area contributed by atoms with Gasteiger partial charge in [-0.25, -0.2) is 4.98 Å². The van der Waals surface area contributed by atoms with E-state index in [4.69, 9.17) is 4.98 Å². The highest BCUT2D eigenvalue weighted by Gasteiger charge is 2.35. The minimum absolute atomic E-state index is 0.0276. The molecular weight excluding hydrogens is 468 g/mol. The van der Waals surface area contributed by atoms with Gasteiger partial charge in [0.2, 0.25) is 0 Å². The molecule has 1 N–H and O–H groups in total. The molecule has 0 aliphatic carbocycles. The van der Waals surface area contributed by atoms with E-state index in [1.165, 1.54) is 0 Å². The zero-order valence-corrected chi connectivity index (χ0v) is 21.7. The van der Waals surface area contributed by atoms with E-state index in [1.54, 1.807) is 35.8 Å². The number of Topliss-reactive ketones (excluding diaryl/α,β-unsaturated/α-hetero) is 1. The Hall–Kier alpha value is -3.91. The second-order valence-corrected chi connectivity index (χ2v) is 9.76. The standard InChI is InChI=1S/C29H32N4O4/c1-18(2)25(26-31-20(4)19(3)27(35)33(26)17-21-10-6-5-7-11-21)30-16-22(34)14-15-32-28(36)23-12-8-9-13-24(23)29(32)37/h5-13,18,25,30H,14-17H2,1-4H3. The number of amides is 2. The van der Waals surface area contributed by atoms with Crippen molar-refractivity contribution in [3.05, 3.63) is 98.7 Å². The molecule has 1 unspecified atom stereocenters. The Labute approximate surface area is 216 Å². The van der Waals surface area contributed by atoms with Crippen LogP contribution in [0.2, 0.25) is 0 Å². The minimum atomic E-state index is -0.370. The topological polar surface area (TPSA) is 101 Å². The summed E-state index contributed by atoms with van der Waals surface area (Å²) in [5.41, 5.74) is 2.88. The summed E-state index contributed by atoms with van der Waals surface area (Å²) in [7, 11) is 0. The van der Waals surface area contributed by atoms with Gasteiger partial charge in [-0.3, -0.25) is 28.6 Å². The van der Waals surface area contributed by atoms with E-state index >= 15 is 0 Å². The molecule has 0 radical (unpaired) electrons. The highest BCUT2D eigenvalue weighted by Crippen LogP contribution is 2.23. The Balaban J connectivity index is 1.48. The molecule has 1 aliphatic heterocycles. The highest BCUT2D eigenvalue weighted by atomic mass is 16.2. The smallest absolute Gasteiger partial charge is 0.261 e. The number of aromatic nitrogens is 2. The number of rotatable bonds is 10. The van der Waals surface area contributed by atoms with Crippen LogP contribution < -0.4 is 10.9 Å². The second kappa shape index (κ2) is 11.0. The lowest BCUT2D eigenvalue weighted by Gasteiger charge is -2.26. The predicted octanol–water partition coefficient (Wildman–Crippen LogP) is 3.45. The zero-order valence-electron chi connectivity index (χ0n) is 21.7. The molecule has 0 bridgehead atoms. The Morgan fingerprint density at radius 2 is 1.51 bits per heavy atom. The molecule has 2 amide bonds. The summed E-state index contributed by atoms with van der Waals surface area (Å²) in [6, 6.07) is 16.0. The maximum Gasteiger partial charge on any atom is 0.261 e. The molecule has 8 nitrogen and oxygen atoms in total. The quantitative estimate of drug-likeness (QED) is 0.428. The Morgan fingerprint density at radius 3 is 2.11 bits per heavy atom. The number of aryl methyl sites for hydroxylation is 1. The molecular formula is C29H32N4O4. The molecule has 3 aromatic rings. The van der Waals surface area contributed by atoms with Crippen LogP contribution in [0.4, 0.5) is 0 Å². The van der Waals surface area contributed by atoms with Gasteiger partial charge >= 0.3 is 0 Å². The lowest BCUT2D eigenvalue weighted by atomic mass is 10.0. The van der Waals surface area contributed by atoms with Gasteiger partial charge < -0.3 is 5.32 Å². The molecule has 0 spiro atoms. The number of carbonyl (C=O) groups is 3. The van der Waals surface area contributed by atoms with Crippen molar-refractivity contribution in [3.63, 3.8) is 0 Å². The summed E-state index contributed by atoms with van der Waals surface area (Å²) in [6.45, 7) is 8.04. The van der Waals surface area contributed by atoms with Crippen LogP contribution in [0.5, 0.6) is 0 Å². The lowest BCUT2D eigenvalue weighted by molar-refractivity contribution is -0.118. The van der Waals surface area contributed by atoms with E-state index < -0.39 is 0 Å². The van der Waals surface area contributed by atoms with Crippen LogP contribution in [0.25, 0.3) is 0 Å². The second-order valence-electron chi connectivity index (χ2n) is 9.76. The zero-order chi connectivity index (χ0) is 26.7. The normalized spacial score (nSPS) is 13.8. The number of fused-ring (bicyclic) bond motifs is 1. The number of hydrogen-bond acceptors (Lipinski definition) is 6. The Bertz CT molecular complexity index is 1360. The van der Waals surface area contributed by atoms with Crippen molar-refractivity contribution in [2.75, 3.05) is 13.1 Å². The molecule has 8 heteroatoms. The fourth-order valence-corrected chi connectivity index (χ4v) is 4.55. The lowest BCUT2D eigenvalue weighted by Crippen LogP contribution is -2.39. The molecule has 0 fully saturated rings. The van der Waals surface area contributed by atoms with Gasteiger partial charge in [0.25, 0.3) is 17.4 Å². The van der Waals surface area contributed by atoms with Gasteiger partial charge in [0.1, 0.15) is 11.6 Å². The van der Waals surface area contributed by atoms with Gasteiger partial charge in [0, 0.05) is 24.2 Å². The predicted molar refractivity (Wildman–Crippen MR) is 141 cm³/mol. The van der Waals surface area contributed by atoms with E-state index in [9.17, 15) is 19.2 Å². The van der Waals surface area contributed by atoms with E-state index in [-0.39, 0.29) is 54.6 Å². The van der Waals surface area contributed by atoms with Crippen molar-refractivity contribution in [2.24, 2.45) is 5.92 Å². The van der Waals surface area contributed by atoms with Crippen LogP contribution in [0.3, 0.4) is 0 Å². The molecule has 0 saturated carbocycles. The van der Waals surface area contributed by atoms with Crippen molar-refractivity contribution < 1.29 is 14.4 Å². The maximum atomic E-state index is 13.2. The van der Waals surface area contributed by atoms with Crippen molar-refractivity contribution in [3.8, 4) is 0 Å². The van der Waals surface area contributed by atoms with E-state index in [2.05, 4.69) is 5.32 Å². The van der Waals surface area contributed by atoms with Crippen LogP contribution >= 0.6 is 0 Å². The molecule has 192 valence electrons. The van der Waals surface area contributed by atoms with Gasteiger partial charge in [-0.1, -0.05) is 56.3 Å². The Morgan fingerprint density at radius 1 is 0.919 bits per heavy atom. The van der Waals surface area contributed by atoms with Crippen LogP contribution in [0, 0.1) is 19.8 Å². The van der Waals surface area contributed by atoms with E-state index in [0.717, 1.165) is 10.5 Å². The van der Waals surface area contributed by atoms with Gasteiger partial charge in [-0.05, 0) is 37.5 Å². The largest absolute Gasteiger partial charge is 0.300 e. The minimum Gasteiger partial charge on any atom is -0.300 e. The van der Waals surface area contributed by atoms with Crippen LogP contribution in [-0.4, -0.2) is 45.1 Å². The first kappa shape index (κ1) is 26.2. The van der Waals surface area contributed by atoms with Crippen LogP contribution in [-0.2, 0) is 11.3 Å². The van der Waals surface area contributed by atoms with Crippen LogP contribution in [0.1, 0.15) is 69.7 Å². The van der Waals surface area contributed by atoms with Crippen molar-refractivity contribution >= 4 is 17.6 Å². The number of nitrogens with zero attached hydrogens (tertiary/aromatic N) is 3. The van der Waals surface area contributed by atoms with Crippen LogP contribution in [0.15, 0.2) is 59.4 Å². The van der Waals surface area contributed by atoms with Gasteiger partial charge in [-0.15, -0.1) is 0 Å². The number of nitrogens with one attached hydrogen (secondary N) is 1. The fourth-order valence-electron chi connectivity index (χ4n) is 4.55. The summed E-state index contributed by atoms with van der Waals surface area (Å²) in [5.74, 6) is -0.250. The molecule has 1 aromatic heterocycles. The number of benzene rings is 2. The number of ketones is 1. The average molecular weight is 501 g/mol. The number of imide groups is 1. The van der Waals surface area contributed by atoms with Gasteiger partial charge in [0.15, 0.2) is 0 Å². The summed E-state index contributed by atoms with van der Waals surface area (Å²) in [4.78, 5) is 57.1. The van der Waals surface area contributed by atoms with Crippen molar-refractivity contribution in [1.82, 2.24) is 19.8 Å². The highest BCUT2D eigenvalue weighted by molar-refractivity contribution is 6.21. The van der Waals surface area contributed by atoms with E-state index in [0.29, 0.717) is 34.8 Å². The molecule has 2 aromatic carbocycles. The first-order valence-corrected chi connectivity index (χ1v) is 12.5. The molecule has 4 rings (SSSR count). The molecule has 1 aliphatic rings. The third-order valence-corrected chi connectivity index (χ3v) is 6.81. The van der Waals surface area contributed by atoms with Gasteiger partial charge in [-0.2, -0.15) is 0 Å². The first-order valence-electron chi connectivity index (χ1n) is 12.5. The van der Waals surface area contributed by atoms with E-state index in [1.807, 2.05) is 51.1 Å². The fraction of sp³-hybridized carbons (Fsp3) is 0.345. The maximum absolute atomic E-state index is 13.2. The molecule has 1 atom stereocenters.